The molecule has 2 heterocycles. The van der Waals surface area contributed by atoms with Gasteiger partial charge in [-0.05, 0) is 17.0 Å². The second-order valence-corrected chi connectivity index (χ2v) is 7.02. The number of carboxylic acid groups (broad SMARTS) is 1. The Morgan fingerprint density at radius 3 is 2.44 bits per heavy atom. The maximum absolute atomic E-state index is 12.6. The summed E-state index contributed by atoms with van der Waals surface area (Å²) < 4.78 is 0. The van der Waals surface area contributed by atoms with Crippen molar-refractivity contribution in [2.75, 3.05) is 0 Å². The van der Waals surface area contributed by atoms with E-state index >= 15 is 0 Å². The third kappa shape index (κ3) is 6.15. The standard InChI is InChI=1S/C18H19N3O4S.Na/c22-16(19-10-12-7-4-8-26-12)13(9-11-5-2-1-3-6-11)20-17(23)14-15(21-14)18(24)25;/h1-8,13-15,21H,9-10H2,(H,19,22)(H,20,23)(H,24,25);/q;+1/p-1/t13-,14-,15-;/m0./s1. The Labute approximate surface area is 182 Å². The van der Waals surface area contributed by atoms with Gasteiger partial charge in [-0.15, -0.1) is 11.3 Å². The Kier molecular flexibility index (Phi) is 8.00. The third-order valence-corrected chi connectivity index (χ3v) is 4.93. The molecule has 3 atom stereocenters. The van der Waals surface area contributed by atoms with E-state index in [9.17, 15) is 19.5 Å². The first-order valence-corrected chi connectivity index (χ1v) is 9.04. The summed E-state index contributed by atoms with van der Waals surface area (Å²) in [6, 6.07) is 10.5. The quantitative estimate of drug-likeness (QED) is 0.313. The molecular formula is C18H18N3NaO4S. The van der Waals surface area contributed by atoms with E-state index in [1.165, 1.54) is 11.3 Å². The molecule has 0 aliphatic carbocycles. The number of carbonyl (C=O) groups is 3. The summed E-state index contributed by atoms with van der Waals surface area (Å²) >= 11 is 1.53. The van der Waals surface area contributed by atoms with E-state index in [4.69, 9.17) is 0 Å². The number of nitrogens with one attached hydrogen (secondary N) is 3. The van der Waals surface area contributed by atoms with Gasteiger partial charge in [-0.1, -0.05) is 36.4 Å². The minimum Gasteiger partial charge on any atom is -0.548 e. The molecule has 1 aliphatic heterocycles. The van der Waals surface area contributed by atoms with Crippen LogP contribution in [-0.2, 0) is 27.3 Å². The van der Waals surface area contributed by atoms with Crippen molar-refractivity contribution in [1.82, 2.24) is 16.0 Å². The second kappa shape index (κ2) is 10.0. The predicted octanol–water partition coefficient (Wildman–Crippen LogP) is -3.81. The molecule has 0 radical (unpaired) electrons. The molecule has 1 saturated heterocycles. The van der Waals surface area contributed by atoms with Crippen molar-refractivity contribution in [3.8, 4) is 0 Å². The molecule has 1 fully saturated rings. The molecule has 9 heteroatoms. The van der Waals surface area contributed by atoms with E-state index in [0.29, 0.717) is 13.0 Å². The fourth-order valence-corrected chi connectivity index (χ4v) is 3.24. The molecule has 3 rings (SSSR count). The normalized spacial score (nSPS) is 18.7. The predicted molar refractivity (Wildman–Crippen MR) is 94.0 cm³/mol. The van der Waals surface area contributed by atoms with E-state index in [2.05, 4.69) is 16.0 Å². The smallest absolute Gasteiger partial charge is 0.548 e. The Bertz CT molecular complexity index is 785. The molecule has 2 aromatic rings. The molecule has 0 bridgehead atoms. The second-order valence-electron chi connectivity index (χ2n) is 5.99. The first-order chi connectivity index (χ1) is 12.5. The number of amides is 2. The average molecular weight is 395 g/mol. The van der Waals surface area contributed by atoms with Crippen LogP contribution in [0.15, 0.2) is 47.8 Å². The largest absolute Gasteiger partial charge is 1.00 e. The zero-order chi connectivity index (χ0) is 18.5. The summed E-state index contributed by atoms with van der Waals surface area (Å²) in [6.45, 7) is 0.376. The van der Waals surface area contributed by atoms with Crippen LogP contribution in [0.3, 0.4) is 0 Å². The molecule has 2 amide bonds. The summed E-state index contributed by atoms with van der Waals surface area (Å²) in [5.74, 6) is -2.17. The Morgan fingerprint density at radius 1 is 1.11 bits per heavy atom. The van der Waals surface area contributed by atoms with Crippen molar-refractivity contribution in [2.45, 2.75) is 31.1 Å². The fraction of sp³-hybridized carbons (Fsp3) is 0.278. The van der Waals surface area contributed by atoms with Gasteiger partial charge in [0.25, 0.3) is 0 Å². The zero-order valence-electron chi connectivity index (χ0n) is 14.8. The fourth-order valence-electron chi connectivity index (χ4n) is 2.60. The maximum Gasteiger partial charge on any atom is 1.00 e. The molecule has 0 saturated carbocycles. The van der Waals surface area contributed by atoms with Crippen LogP contribution in [0.2, 0.25) is 0 Å². The molecule has 7 nitrogen and oxygen atoms in total. The van der Waals surface area contributed by atoms with E-state index < -0.39 is 30.0 Å². The van der Waals surface area contributed by atoms with Gasteiger partial charge in [0, 0.05) is 11.3 Å². The number of hydrogen-bond acceptors (Lipinski definition) is 6. The topological polar surface area (TPSA) is 120 Å². The average Bonchev–Trinajstić information content (AvgIpc) is 3.29. The van der Waals surface area contributed by atoms with Gasteiger partial charge in [-0.25, -0.2) is 0 Å². The van der Waals surface area contributed by atoms with Gasteiger partial charge in [-0.2, -0.15) is 0 Å². The van der Waals surface area contributed by atoms with Crippen LogP contribution in [-0.4, -0.2) is 35.9 Å². The molecule has 0 unspecified atom stereocenters. The van der Waals surface area contributed by atoms with Gasteiger partial charge in [0.1, 0.15) is 12.1 Å². The van der Waals surface area contributed by atoms with Crippen LogP contribution in [0.25, 0.3) is 0 Å². The van der Waals surface area contributed by atoms with Crippen LogP contribution < -0.4 is 50.6 Å². The molecule has 1 aromatic carbocycles. The van der Waals surface area contributed by atoms with Gasteiger partial charge in [0.05, 0.1) is 18.6 Å². The number of aliphatic carboxylic acids is 1. The number of carboxylic acids is 1. The van der Waals surface area contributed by atoms with E-state index in [1.807, 2.05) is 47.8 Å². The van der Waals surface area contributed by atoms with Crippen LogP contribution >= 0.6 is 11.3 Å². The van der Waals surface area contributed by atoms with Gasteiger partial charge < -0.3 is 20.5 Å². The molecule has 27 heavy (non-hydrogen) atoms. The van der Waals surface area contributed by atoms with E-state index in [1.54, 1.807) is 0 Å². The monoisotopic (exact) mass is 395 g/mol. The number of carbonyl (C=O) groups excluding carboxylic acids is 3. The van der Waals surface area contributed by atoms with Gasteiger partial charge in [0.2, 0.25) is 11.8 Å². The first kappa shape index (κ1) is 21.6. The molecule has 0 spiro atoms. The van der Waals surface area contributed by atoms with Crippen molar-refractivity contribution < 1.29 is 49.0 Å². The molecule has 1 aliphatic rings. The van der Waals surface area contributed by atoms with Crippen molar-refractivity contribution in [3.63, 3.8) is 0 Å². The summed E-state index contributed by atoms with van der Waals surface area (Å²) in [5.41, 5.74) is 0.893. The van der Waals surface area contributed by atoms with Gasteiger partial charge >= 0.3 is 29.6 Å². The SMILES string of the molecule is O=C(NCc1cccs1)[C@H](Cc1ccccc1)NC(=O)[C@H]1N[C@@H]1C(=O)[O-].[Na+]. The van der Waals surface area contributed by atoms with Crippen molar-refractivity contribution >= 4 is 29.1 Å². The Hall–Kier alpha value is -1.71. The molecular weight excluding hydrogens is 377 g/mol. The summed E-state index contributed by atoms with van der Waals surface area (Å²) in [7, 11) is 0. The summed E-state index contributed by atoms with van der Waals surface area (Å²) in [5, 5.41) is 20.7. The van der Waals surface area contributed by atoms with Crippen molar-refractivity contribution in [2.24, 2.45) is 0 Å². The number of benzene rings is 1. The Morgan fingerprint density at radius 2 is 1.85 bits per heavy atom. The van der Waals surface area contributed by atoms with Crippen LogP contribution in [0.5, 0.6) is 0 Å². The number of rotatable bonds is 8. The third-order valence-electron chi connectivity index (χ3n) is 4.05. The minimum absolute atomic E-state index is 0. The Balaban J connectivity index is 0.00000261. The van der Waals surface area contributed by atoms with Crippen LogP contribution in [0, 0.1) is 0 Å². The number of hydrogen-bond donors (Lipinski definition) is 3. The van der Waals surface area contributed by atoms with Gasteiger partial charge in [-0.3, -0.25) is 14.9 Å². The summed E-state index contributed by atoms with van der Waals surface area (Å²) in [4.78, 5) is 36.6. The van der Waals surface area contributed by atoms with Crippen LogP contribution in [0.4, 0.5) is 0 Å². The summed E-state index contributed by atoms with van der Waals surface area (Å²) in [6.07, 6.45) is 0.311. The van der Waals surface area contributed by atoms with Gasteiger partial charge in [0.15, 0.2) is 0 Å². The number of thiophene rings is 1. The molecule has 136 valence electrons. The van der Waals surface area contributed by atoms with Crippen molar-refractivity contribution in [1.29, 1.82) is 0 Å². The van der Waals surface area contributed by atoms with E-state index in [-0.39, 0.29) is 35.5 Å². The van der Waals surface area contributed by atoms with Crippen LogP contribution in [0.1, 0.15) is 10.4 Å². The maximum atomic E-state index is 12.6. The van der Waals surface area contributed by atoms with E-state index in [0.717, 1.165) is 10.4 Å². The minimum atomic E-state index is -1.33. The zero-order valence-corrected chi connectivity index (χ0v) is 17.6. The molecule has 1 aromatic heterocycles. The molecule has 3 N–H and O–H groups in total. The first-order valence-electron chi connectivity index (χ1n) is 8.16. The van der Waals surface area contributed by atoms with Crippen molar-refractivity contribution in [3.05, 3.63) is 58.3 Å².